The van der Waals surface area contributed by atoms with Crippen LogP contribution in [0.4, 0.5) is 10.3 Å². The number of benzene rings is 1. The van der Waals surface area contributed by atoms with Crippen LogP contribution in [0.1, 0.15) is 17.2 Å². The number of rotatable bonds is 5. The van der Waals surface area contributed by atoms with Crippen molar-refractivity contribution < 1.29 is 9.50 Å². The highest BCUT2D eigenvalue weighted by molar-refractivity contribution is 5.90. The fourth-order valence-corrected chi connectivity index (χ4v) is 3.93. The molecule has 0 aliphatic heterocycles. The number of aryl methyl sites for hydroxylation is 2. The maximum atomic E-state index is 13.6. The minimum absolute atomic E-state index is 0.0534. The monoisotopic (exact) mass is 460 g/mol. The number of imidazole rings is 1. The number of aromatic nitrogens is 7. The summed E-state index contributed by atoms with van der Waals surface area (Å²) in [6.07, 6.45) is 3.42. The van der Waals surface area contributed by atoms with Crippen molar-refractivity contribution in [2.75, 3.05) is 5.73 Å². The second-order valence-electron chi connectivity index (χ2n) is 7.90. The molecule has 0 bridgehead atoms. The lowest BCUT2D eigenvalue weighted by Crippen LogP contribution is -2.24. The summed E-state index contributed by atoms with van der Waals surface area (Å²) in [5.74, 6) is 0.194. The molecule has 34 heavy (non-hydrogen) atoms. The third-order valence-corrected chi connectivity index (χ3v) is 5.54. The number of nitrogens with zero attached hydrogens (tertiary/aromatic N) is 7. The van der Waals surface area contributed by atoms with Crippen LogP contribution in [0.5, 0.6) is 0 Å². The van der Waals surface area contributed by atoms with Crippen LogP contribution in [0, 0.1) is 12.7 Å². The Morgan fingerprint density at radius 3 is 2.56 bits per heavy atom. The second kappa shape index (κ2) is 8.19. The number of aliphatic hydroxyl groups excluding tert-OH is 1. The summed E-state index contributed by atoms with van der Waals surface area (Å²) >= 11 is 0. The molecular weight excluding hydrogens is 439 g/mol. The first-order valence-electron chi connectivity index (χ1n) is 10.5. The van der Waals surface area contributed by atoms with Gasteiger partial charge in [-0.15, -0.1) is 5.10 Å². The number of halogens is 1. The van der Waals surface area contributed by atoms with Crippen LogP contribution in [-0.4, -0.2) is 38.8 Å². The predicted octanol–water partition coefficient (Wildman–Crippen LogP) is 1.92. The van der Waals surface area contributed by atoms with E-state index in [1.165, 1.54) is 21.2 Å². The average molecular weight is 460 g/mol. The second-order valence-corrected chi connectivity index (χ2v) is 7.90. The van der Waals surface area contributed by atoms with Gasteiger partial charge in [-0.05, 0) is 48.9 Å². The van der Waals surface area contributed by atoms with Crippen molar-refractivity contribution in [2.24, 2.45) is 7.05 Å². The molecule has 4 aromatic heterocycles. The lowest BCUT2D eigenvalue weighted by Gasteiger charge is -2.13. The molecule has 0 unspecified atom stereocenters. The zero-order valence-electron chi connectivity index (χ0n) is 18.5. The Morgan fingerprint density at radius 2 is 1.88 bits per heavy atom. The van der Waals surface area contributed by atoms with Gasteiger partial charge in [0, 0.05) is 30.7 Å². The molecular formula is C23H21FN8O2. The molecule has 0 amide bonds. The molecule has 3 N–H and O–H groups in total. The maximum Gasteiger partial charge on any atom is 0.353 e. The molecule has 11 heteroatoms. The van der Waals surface area contributed by atoms with Crippen LogP contribution < -0.4 is 11.4 Å². The van der Waals surface area contributed by atoms with E-state index in [-0.39, 0.29) is 24.7 Å². The predicted molar refractivity (Wildman–Crippen MR) is 123 cm³/mol. The molecule has 0 aliphatic rings. The standard InChI is InChI=1S/C23H21FN8O2/c1-13-9-15(10-17(12-33)27-13)19-20(14-3-5-16(24)6-4-14)28-22(25)32-21(19)29-31(23(32)34)11-18-26-7-8-30(18)2/h3-10,33H,11-12H2,1-2H3,(H2,25,28). The van der Waals surface area contributed by atoms with Crippen molar-refractivity contribution in [1.29, 1.82) is 0 Å². The number of hydrogen-bond acceptors (Lipinski definition) is 7. The minimum atomic E-state index is -0.469. The third-order valence-electron chi connectivity index (χ3n) is 5.54. The summed E-state index contributed by atoms with van der Waals surface area (Å²) in [5, 5.41) is 14.3. The fourth-order valence-electron chi connectivity index (χ4n) is 3.93. The molecule has 0 fully saturated rings. The van der Waals surface area contributed by atoms with Gasteiger partial charge in [0.2, 0.25) is 5.95 Å². The van der Waals surface area contributed by atoms with Gasteiger partial charge in [-0.2, -0.15) is 0 Å². The van der Waals surface area contributed by atoms with Gasteiger partial charge in [0.05, 0.1) is 23.6 Å². The van der Waals surface area contributed by atoms with E-state index in [1.807, 2.05) is 13.1 Å². The summed E-state index contributed by atoms with van der Waals surface area (Å²) in [7, 11) is 1.83. The van der Waals surface area contributed by atoms with Crippen LogP contribution in [-0.2, 0) is 20.2 Å². The summed E-state index contributed by atoms with van der Waals surface area (Å²) < 4.78 is 17.9. The van der Waals surface area contributed by atoms with E-state index in [9.17, 15) is 14.3 Å². The largest absolute Gasteiger partial charge is 0.390 e. The Bertz CT molecular complexity index is 1580. The third kappa shape index (κ3) is 3.61. The maximum absolute atomic E-state index is 13.6. The number of nitrogen functional groups attached to an aromatic ring is 1. The van der Waals surface area contributed by atoms with Crippen molar-refractivity contribution in [3.63, 3.8) is 0 Å². The number of nitrogens with two attached hydrogens (primary N) is 1. The quantitative estimate of drug-likeness (QED) is 0.410. The van der Waals surface area contributed by atoms with E-state index < -0.39 is 11.5 Å². The van der Waals surface area contributed by atoms with E-state index in [0.717, 1.165) is 0 Å². The normalized spacial score (nSPS) is 11.4. The topological polar surface area (TPSA) is 129 Å². The van der Waals surface area contributed by atoms with Crippen LogP contribution in [0.2, 0.25) is 0 Å². The van der Waals surface area contributed by atoms with Crippen molar-refractivity contribution in [2.45, 2.75) is 20.1 Å². The smallest absolute Gasteiger partial charge is 0.353 e. The number of hydrogen-bond donors (Lipinski definition) is 2. The molecule has 172 valence electrons. The van der Waals surface area contributed by atoms with Gasteiger partial charge < -0.3 is 15.4 Å². The van der Waals surface area contributed by atoms with Gasteiger partial charge in [0.1, 0.15) is 18.2 Å². The molecule has 0 spiro atoms. The van der Waals surface area contributed by atoms with Crippen LogP contribution in [0.3, 0.4) is 0 Å². The lowest BCUT2D eigenvalue weighted by atomic mass is 9.99. The lowest BCUT2D eigenvalue weighted by molar-refractivity contribution is 0.276. The van der Waals surface area contributed by atoms with Crippen LogP contribution >= 0.6 is 0 Å². The van der Waals surface area contributed by atoms with Gasteiger partial charge in [-0.1, -0.05) is 0 Å². The van der Waals surface area contributed by atoms with Gasteiger partial charge in [0.25, 0.3) is 0 Å². The van der Waals surface area contributed by atoms with Gasteiger partial charge in [0.15, 0.2) is 5.65 Å². The Hall–Kier alpha value is -4.38. The number of fused-ring (bicyclic) bond motifs is 1. The molecule has 0 saturated heterocycles. The molecule has 0 aliphatic carbocycles. The van der Waals surface area contributed by atoms with Crippen molar-refractivity contribution >= 4 is 11.6 Å². The highest BCUT2D eigenvalue weighted by atomic mass is 19.1. The molecule has 0 atom stereocenters. The Balaban J connectivity index is 1.84. The summed E-state index contributed by atoms with van der Waals surface area (Å²) in [5.41, 5.74) is 9.32. The first-order valence-corrected chi connectivity index (χ1v) is 10.5. The Kier molecular flexibility index (Phi) is 5.17. The molecule has 10 nitrogen and oxygen atoms in total. The summed E-state index contributed by atoms with van der Waals surface area (Å²) in [6.45, 7) is 1.67. The van der Waals surface area contributed by atoms with Gasteiger partial charge in [-0.3, -0.25) is 4.98 Å². The van der Waals surface area contributed by atoms with Crippen molar-refractivity contribution in [3.05, 3.63) is 82.3 Å². The molecule has 4 heterocycles. The Labute approximate surface area is 192 Å². The van der Waals surface area contributed by atoms with Gasteiger partial charge >= 0.3 is 5.69 Å². The number of pyridine rings is 1. The zero-order chi connectivity index (χ0) is 24.0. The van der Waals surface area contributed by atoms with E-state index in [4.69, 9.17) is 5.73 Å². The van der Waals surface area contributed by atoms with E-state index in [2.05, 4.69) is 20.1 Å². The highest BCUT2D eigenvalue weighted by Gasteiger charge is 2.22. The minimum Gasteiger partial charge on any atom is -0.390 e. The SMILES string of the molecule is Cc1cc(-c2c(-c3ccc(F)cc3)nc(N)n3c(=O)n(Cc4nccn4C)nc23)cc(CO)n1. The molecule has 0 saturated carbocycles. The van der Waals surface area contributed by atoms with E-state index >= 15 is 0 Å². The Morgan fingerprint density at radius 1 is 1.12 bits per heavy atom. The first kappa shape index (κ1) is 21.5. The van der Waals surface area contributed by atoms with Crippen molar-refractivity contribution in [3.8, 4) is 22.4 Å². The average Bonchev–Trinajstić information content (AvgIpc) is 3.36. The first-order chi connectivity index (χ1) is 16.4. The van der Waals surface area contributed by atoms with Crippen LogP contribution in [0.15, 0.2) is 53.6 Å². The molecule has 5 rings (SSSR count). The molecule has 1 aromatic carbocycles. The van der Waals surface area contributed by atoms with Crippen LogP contribution in [0.25, 0.3) is 28.0 Å². The summed E-state index contributed by atoms with van der Waals surface area (Å²) in [4.78, 5) is 26.4. The van der Waals surface area contributed by atoms with E-state index in [1.54, 1.807) is 42.1 Å². The number of aliphatic hydroxyl groups is 1. The summed E-state index contributed by atoms with van der Waals surface area (Å²) in [6, 6.07) is 9.33. The van der Waals surface area contributed by atoms with Crippen molar-refractivity contribution in [1.82, 2.24) is 33.7 Å². The van der Waals surface area contributed by atoms with E-state index in [0.29, 0.717) is 39.6 Å². The zero-order valence-corrected chi connectivity index (χ0v) is 18.5. The molecule has 5 aromatic rings. The molecule has 0 radical (unpaired) electrons. The van der Waals surface area contributed by atoms with Gasteiger partial charge in [-0.25, -0.2) is 28.2 Å². The highest BCUT2D eigenvalue weighted by Crippen LogP contribution is 2.35. The fraction of sp³-hybridized carbons (Fsp3) is 0.174. The number of anilines is 1.